The fourth-order valence-electron chi connectivity index (χ4n) is 1.78. The van der Waals surface area contributed by atoms with Crippen LogP contribution in [0.5, 0.6) is 0 Å². The number of alkyl halides is 4. The molecule has 1 aromatic rings. The van der Waals surface area contributed by atoms with Crippen LogP contribution in [0.2, 0.25) is 0 Å². The van der Waals surface area contributed by atoms with Gasteiger partial charge in [-0.15, -0.1) is 0 Å². The van der Waals surface area contributed by atoms with Crippen molar-refractivity contribution >= 4 is 15.9 Å². The van der Waals surface area contributed by atoms with E-state index in [1.54, 1.807) is 12.1 Å². The molecule has 0 bridgehead atoms. The quantitative estimate of drug-likeness (QED) is 0.724. The summed E-state index contributed by atoms with van der Waals surface area (Å²) in [7, 11) is 0. The van der Waals surface area contributed by atoms with Gasteiger partial charge in [0.1, 0.15) is 0 Å². The number of halogens is 4. The summed E-state index contributed by atoms with van der Waals surface area (Å²) in [5.74, 6) is 0. The summed E-state index contributed by atoms with van der Waals surface area (Å²) in [6, 6.07) is 5.51. The zero-order valence-corrected chi connectivity index (χ0v) is 10.2. The first-order valence-electron chi connectivity index (χ1n) is 5.17. The Balaban J connectivity index is 2.08. The molecule has 0 nitrogen and oxygen atoms in total. The monoisotopic (exact) mass is 292 g/mol. The molecule has 1 fully saturated rings. The Morgan fingerprint density at radius 2 is 1.69 bits per heavy atom. The number of rotatable bonds is 3. The highest BCUT2D eigenvalue weighted by atomic mass is 79.9. The minimum absolute atomic E-state index is 0.305. The van der Waals surface area contributed by atoms with Gasteiger partial charge in [-0.2, -0.15) is 13.2 Å². The number of benzene rings is 1. The van der Waals surface area contributed by atoms with Gasteiger partial charge >= 0.3 is 6.18 Å². The third-order valence-electron chi connectivity index (χ3n) is 3.10. The second-order valence-electron chi connectivity index (χ2n) is 4.51. The predicted molar refractivity (Wildman–Crippen MR) is 60.6 cm³/mol. The first-order valence-corrected chi connectivity index (χ1v) is 6.29. The first-order chi connectivity index (χ1) is 7.45. The Bertz CT molecular complexity index is 363. The minimum atomic E-state index is -4.23. The van der Waals surface area contributed by atoms with E-state index in [9.17, 15) is 13.2 Å². The van der Waals surface area contributed by atoms with Crippen LogP contribution in [-0.4, -0.2) is 5.33 Å². The van der Waals surface area contributed by atoms with Gasteiger partial charge in [-0.25, -0.2) is 0 Å². The molecule has 0 saturated heterocycles. The molecule has 16 heavy (non-hydrogen) atoms. The van der Waals surface area contributed by atoms with Gasteiger partial charge < -0.3 is 0 Å². The van der Waals surface area contributed by atoms with Crippen molar-refractivity contribution in [1.29, 1.82) is 0 Å². The van der Waals surface area contributed by atoms with Crippen molar-refractivity contribution in [3.8, 4) is 0 Å². The van der Waals surface area contributed by atoms with Crippen molar-refractivity contribution in [2.24, 2.45) is 5.41 Å². The van der Waals surface area contributed by atoms with E-state index in [0.29, 0.717) is 5.41 Å². The molecule has 1 aliphatic carbocycles. The summed E-state index contributed by atoms with van der Waals surface area (Å²) < 4.78 is 37.0. The highest BCUT2D eigenvalue weighted by Gasteiger charge is 2.41. The van der Waals surface area contributed by atoms with Gasteiger partial charge in [0, 0.05) is 5.33 Å². The zero-order chi connectivity index (χ0) is 11.8. The van der Waals surface area contributed by atoms with Crippen molar-refractivity contribution in [3.05, 3.63) is 35.4 Å². The molecule has 0 heterocycles. The molecule has 0 unspecified atom stereocenters. The Labute approximate surface area is 101 Å². The highest BCUT2D eigenvalue weighted by molar-refractivity contribution is 9.09. The van der Waals surface area contributed by atoms with Gasteiger partial charge in [-0.05, 0) is 42.4 Å². The lowest BCUT2D eigenvalue weighted by atomic mass is 9.98. The maximum absolute atomic E-state index is 12.3. The molecule has 0 radical (unpaired) electrons. The Morgan fingerprint density at radius 3 is 2.06 bits per heavy atom. The zero-order valence-electron chi connectivity index (χ0n) is 8.65. The topological polar surface area (TPSA) is 0 Å². The lowest BCUT2D eigenvalue weighted by Gasteiger charge is -2.12. The molecule has 88 valence electrons. The molecule has 4 heteroatoms. The standard InChI is InChI=1S/C12H12BrF3/c13-8-11(5-6-11)7-9-1-3-10(4-2-9)12(14,15)16/h1-4H,5-8H2. The molecule has 1 aromatic carbocycles. The lowest BCUT2D eigenvalue weighted by molar-refractivity contribution is -0.137. The minimum Gasteiger partial charge on any atom is -0.166 e. The van der Waals surface area contributed by atoms with E-state index in [-0.39, 0.29) is 0 Å². The average molecular weight is 293 g/mol. The predicted octanol–water partition coefficient (Wildman–Crippen LogP) is 4.42. The largest absolute Gasteiger partial charge is 0.416 e. The van der Waals surface area contributed by atoms with Crippen LogP contribution in [0, 0.1) is 5.41 Å². The van der Waals surface area contributed by atoms with Crippen LogP contribution < -0.4 is 0 Å². The maximum Gasteiger partial charge on any atom is 0.416 e. The smallest absolute Gasteiger partial charge is 0.166 e. The lowest BCUT2D eigenvalue weighted by Crippen LogP contribution is -2.08. The second kappa shape index (κ2) is 4.06. The maximum atomic E-state index is 12.3. The molecule has 0 spiro atoms. The Kier molecular flexibility index (Phi) is 3.03. The molecule has 2 rings (SSSR count). The van der Waals surface area contributed by atoms with Gasteiger partial charge in [0.05, 0.1) is 5.56 Å². The summed E-state index contributed by atoms with van der Waals surface area (Å²) in [4.78, 5) is 0. The second-order valence-corrected chi connectivity index (χ2v) is 5.07. The number of hydrogen-bond acceptors (Lipinski definition) is 0. The Hall–Kier alpha value is -0.510. The van der Waals surface area contributed by atoms with Gasteiger partial charge in [0.2, 0.25) is 0 Å². The first kappa shape index (κ1) is 12.0. The van der Waals surface area contributed by atoms with Crippen LogP contribution in [0.15, 0.2) is 24.3 Å². The van der Waals surface area contributed by atoms with Crippen LogP contribution in [0.3, 0.4) is 0 Å². The molecule has 0 atom stereocenters. The van der Waals surface area contributed by atoms with Crippen LogP contribution in [-0.2, 0) is 12.6 Å². The average Bonchev–Trinajstić information content (AvgIpc) is 2.98. The molecule has 0 aromatic heterocycles. The molecule has 0 N–H and O–H groups in total. The van der Waals surface area contributed by atoms with E-state index in [1.165, 1.54) is 25.0 Å². The SMILES string of the molecule is FC(F)(F)c1ccc(CC2(CBr)CC2)cc1. The van der Waals surface area contributed by atoms with Crippen molar-refractivity contribution in [1.82, 2.24) is 0 Å². The summed E-state index contributed by atoms with van der Waals surface area (Å²) >= 11 is 3.46. The van der Waals surface area contributed by atoms with Crippen molar-refractivity contribution in [2.75, 3.05) is 5.33 Å². The van der Waals surface area contributed by atoms with E-state index in [1.807, 2.05) is 0 Å². The van der Waals surface area contributed by atoms with Gasteiger partial charge in [0.15, 0.2) is 0 Å². The van der Waals surface area contributed by atoms with Crippen LogP contribution in [0.1, 0.15) is 24.0 Å². The fourth-order valence-corrected chi connectivity index (χ4v) is 2.54. The van der Waals surface area contributed by atoms with E-state index in [2.05, 4.69) is 15.9 Å². The molecular weight excluding hydrogens is 281 g/mol. The third kappa shape index (κ3) is 2.59. The van der Waals surface area contributed by atoms with Crippen LogP contribution in [0.25, 0.3) is 0 Å². The van der Waals surface area contributed by atoms with Crippen molar-refractivity contribution in [2.45, 2.75) is 25.4 Å². The van der Waals surface area contributed by atoms with E-state index < -0.39 is 11.7 Å². The van der Waals surface area contributed by atoms with Gasteiger partial charge in [-0.3, -0.25) is 0 Å². The fraction of sp³-hybridized carbons (Fsp3) is 0.500. The highest BCUT2D eigenvalue weighted by Crippen LogP contribution is 2.49. The summed E-state index contributed by atoms with van der Waals surface area (Å²) in [5.41, 5.74) is 0.727. The van der Waals surface area contributed by atoms with E-state index in [4.69, 9.17) is 0 Å². The van der Waals surface area contributed by atoms with E-state index in [0.717, 1.165) is 17.3 Å². The van der Waals surface area contributed by atoms with Crippen LogP contribution in [0.4, 0.5) is 13.2 Å². The summed E-state index contributed by atoms with van der Waals surface area (Å²) in [5, 5.41) is 0.932. The molecule has 0 amide bonds. The van der Waals surface area contributed by atoms with Crippen molar-refractivity contribution < 1.29 is 13.2 Å². The van der Waals surface area contributed by atoms with Crippen LogP contribution >= 0.6 is 15.9 Å². The van der Waals surface area contributed by atoms with Gasteiger partial charge in [0.25, 0.3) is 0 Å². The molecule has 1 saturated carbocycles. The normalized spacial score (nSPS) is 18.5. The van der Waals surface area contributed by atoms with E-state index >= 15 is 0 Å². The summed E-state index contributed by atoms with van der Waals surface area (Å²) in [6.07, 6.45) is -1.03. The summed E-state index contributed by atoms with van der Waals surface area (Å²) in [6.45, 7) is 0. The Morgan fingerprint density at radius 1 is 1.12 bits per heavy atom. The molecular formula is C12H12BrF3. The number of hydrogen-bond donors (Lipinski definition) is 0. The molecule has 0 aliphatic heterocycles. The van der Waals surface area contributed by atoms with Crippen molar-refractivity contribution in [3.63, 3.8) is 0 Å². The molecule has 1 aliphatic rings. The van der Waals surface area contributed by atoms with Gasteiger partial charge in [-0.1, -0.05) is 28.1 Å². The third-order valence-corrected chi connectivity index (χ3v) is 4.29.